The number of hydrogen-bond acceptors (Lipinski definition) is 6. The molecule has 1 N–H and O–H groups in total. The maximum absolute atomic E-state index is 5.53. The van der Waals surface area contributed by atoms with Crippen molar-refractivity contribution in [3.05, 3.63) is 53.9 Å². The van der Waals surface area contributed by atoms with Gasteiger partial charge < -0.3 is 19.5 Å². The summed E-state index contributed by atoms with van der Waals surface area (Å²) in [6.45, 7) is 5.02. The number of methoxy groups -OCH3 is 2. The van der Waals surface area contributed by atoms with Crippen molar-refractivity contribution in [1.82, 2.24) is 15.2 Å². The summed E-state index contributed by atoms with van der Waals surface area (Å²) >= 11 is 0. The van der Waals surface area contributed by atoms with Gasteiger partial charge in [0.05, 0.1) is 27.4 Å². The van der Waals surface area contributed by atoms with Gasteiger partial charge in [0, 0.05) is 44.6 Å². The average Bonchev–Trinajstić information content (AvgIpc) is 2.72. The topological polar surface area (TPSA) is 55.9 Å². The average molecular weight is 357 g/mol. The summed E-state index contributed by atoms with van der Waals surface area (Å²) in [6, 6.07) is 10.5. The minimum atomic E-state index is 0.246. The van der Waals surface area contributed by atoms with E-state index in [-0.39, 0.29) is 6.04 Å². The van der Waals surface area contributed by atoms with Crippen molar-refractivity contribution >= 4 is 0 Å². The standard InChI is InChI=1S/C20H27N3O3/c1-24-19-6-5-17(12-20(19)25-2)18(23-8-10-26-11-9-23)15-22-14-16-4-3-7-21-13-16/h3-7,12-13,18,22H,8-11,14-15H2,1-2H3. The van der Waals surface area contributed by atoms with Crippen molar-refractivity contribution in [2.24, 2.45) is 0 Å². The van der Waals surface area contributed by atoms with Crippen LogP contribution in [0.2, 0.25) is 0 Å². The smallest absolute Gasteiger partial charge is 0.161 e. The van der Waals surface area contributed by atoms with Crippen molar-refractivity contribution in [1.29, 1.82) is 0 Å². The molecule has 6 heteroatoms. The molecule has 2 heterocycles. The fourth-order valence-corrected chi connectivity index (χ4v) is 3.26. The highest BCUT2D eigenvalue weighted by molar-refractivity contribution is 5.44. The van der Waals surface area contributed by atoms with Gasteiger partial charge in [-0.3, -0.25) is 9.88 Å². The molecule has 1 aliphatic heterocycles. The lowest BCUT2D eigenvalue weighted by molar-refractivity contribution is 0.0160. The summed E-state index contributed by atoms with van der Waals surface area (Å²) in [5.41, 5.74) is 2.39. The number of aromatic nitrogens is 1. The Morgan fingerprint density at radius 3 is 2.65 bits per heavy atom. The molecule has 1 aromatic heterocycles. The van der Waals surface area contributed by atoms with E-state index in [4.69, 9.17) is 14.2 Å². The summed E-state index contributed by atoms with van der Waals surface area (Å²) in [5, 5.41) is 3.57. The molecule has 6 nitrogen and oxygen atoms in total. The first-order valence-corrected chi connectivity index (χ1v) is 8.95. The molecular formula is C20H27N3O3. The first-order chi connectivity index (χ1) is 12.8. The molecule has 140 valence electrons. The Morgan fingerprint density at radius 2 is 1.96 bits per heavy atom. The van der Waals surface area contributed by atoms with Gasteiger partial charge in [0.15, 0.2) is 11.5 Å². The van der Waals surface area contributed by atoms with Crippen LogP contribution in [-0.4, -0.2) is 57.0 Å². The maximum Gasteiger partial charge on any atom is 0.161 e. The summed E-state index contributed by atoms with van der Waals surface area (Å²) < 4.78 is 16.4. The highest BCUT2D eigenvalue weighted by Crippen LogP contribution is 2.32. The van der Waals surface area contributed by atoms with Crippen molar-refractivity contribution in [3.63, 3.8) is 0 Å². The van der Waals surface area contributed by atoms with Crippen LogP contribution in [0.3, 0.4) is 0 Å². The molecule has 1 aromatic carbocycles. The lowest BCUT2D eigenvalue weighted by atomic mass is 10.0. The lowest BCUT2D eigenvalue weighted by Crippen LogP contribution is -2.42. The molecule has 1 saturated heterocycles. The number of hydrogen-bond donors (Lipinski definition) is 1. The molecule has 0 radical (unpaired) electrons. The van der Waals surface area contributed by atoms with Gasteiger partial charge in [-0.05, 0) is 29.3 Å². The first kappa shape index (κ1) is 18.6. The molecular weight excluding hydrogens is 330 g/mol. The van der Waals surface area contributed by atoms with Crippen LogP contribution in [-0.2, 0) is 11.3 Å². The maximum atomic E-state index is 5.53. The van der Waals surface area contributed by atoms with Crippen LogP contribution < -0.4 is 14.8 Å². The number of rotatable bonds is 8. The van der Waals surface area contributed by atoms with E-state index >= 15 is 0 Å². The molecule has 1 aliphatic rings. The highest BCUT2D eigenvalue weighted by Gasteiger charge is 2.23. The van der Waals surface area contributed by atoms with Crippen LogP contribution in [0.5, 0.6) is 11.5 Å². The van der Waals surface area contributed by atoms with Gasteiger partial charge >= 0.3 is 0 Å². The van der Waals surface area contributed by atoms with E-state index in [9.17, 15) is 0 Å². The van der Waals surface area contributed by atoms with Crippen molar-refractivity contribution in [2.45, 2.75) is 12.6 Å². The second-order valence-electron chi connectivity index (χ2n) is 6.27. The SMILES string of the molecule is COc1ccc(C(CNCc2cccnc2)N2CCOCC2)cc1OC. The summed E-state index contributed by atoms with van der Waals surface area (Å²) in [4.78, 5) is 6.63. The number of morpholine rings is 1. The number of nitrogens with zero attached hydrogens (tertiary/aromatic N) is 2. The van der Waals surface area contributed by atoms with E-state index in [1.165, 1.54) is 11.1 Å². The Hall–Kier alpha value is -2.15. The monoisotopic (exact) mass is 357 g/mol. The Labute approximate surface area is 155 Å². The molecule has 1 atom stereocenters. The molecule has 2 aromatic rings. The van der Waals surface area contributed by atoms with E-state index in [1.54, 1.807) is 20.4 Å². The normalized spacial score (nSPS) is 16.2. The minimum absolute atomic E-state index is 0.246. The summed E-state index contributed by atoms with van der Waals surface area (Å²) in [7, 11) is 3.33. The summed E-state index contributed by atoms with van der Waals surface area (Å²) in [5.74, 6) is 1.51. The molecule has 3 rings (SSSR count). The number of ether oxygens (including phenoxy) is 3. The number of pyridine rings is 1. The van der Waals surface area contributed by atoms with E-state index in [0.717, 1.165) is 50.9 Å². The van der Waals surface area contributed by atoms with Crippen molar-refractivity contribution < 1.29 is 14.2 Å². The zero-order valence-electron chi connectivity index (χ0n) is 15.5. The van der Waals surface area contributed by atoms with Crippen LogP contribution in [0.25, 0.3) is 0 Å². The van der Waals surface area contributed by atoms with Crippen LogP contribution >= 0.6 is 0 Å². The molecule has 0 saturated carbocycles. The molecule has 0 aliphatic carbocycles. The predicted octanol–water partition coefficient (Wildman–Crippen LogP) is 2.26. The second-order valence-corrected chi connectivity index (χ2v) is 6.27. The number of nitrogens with one attached hydrogen (secondary N) is 1. The predicted molar refractivity (Wildman–Crippen MR) is 101 cm³/mol. The third-order valence-electron chi connectivity index (χ3n) is 4.67. The minimum Gasteiger partial charge on any atom is -0.493 e. The first-order valence-electron chi connectivity index (χ1n) is 8.95. The molecule has 1 unspecified atom stereocenters. The van der Waals surface area contributed by atoms with E-state index in [1.807, 2.05) is 18.3 Å². The molecule has 0 amide bonds. The van der Waals surface area contributed by atoms with Crippen LogP contribution in [0.1, 0.15) is 17.2 Å². The Bertz CT molecular complexity index is 675. The fourth-order valence-electron chi connectivity index (χ4n) is 3.26. The third kappa shape index (κ3) is 4.72. The van der Waals surface area contributed by atoms with E-state index < -0.39 is 0 Å². The van der Waals surface area contributed by atoms with E-state index in [0.29, 0.717) is 0 Å². The van der Waals surface area contributed by atoms with Gasteiger partial charge in [-0.1, -0.05) is 12.1 Å². The Morgan fingerprint density at radius 1 is 1.15 bits per heavy atom. The van der Waals surface area contributed by atoms with Gasteiger partial charge in [0.25, 0.3) is 0 Å². The molecule has 26 heavy (non-hydrogen) atoms. The van der Waals surface area contributed by atoms with Crippen LogP contribution in [0.4, 0.5) is 0 Å². The van der Waals surface area contributed by atoms with Crippen molar-refractivity contribution in [3.8, 4) is 11.5 Å². The second kappa shape index (κ2) is 9.52. The zero-order chi connectivity index (χ0) is 18.2. The molecule has 1 fully saturated rings. The van der Waals surface area contributed by atoms with Gasteiger partial charge in [-0.15, -0.1) is 0 Å². The quantitative estimate of drug-likeness (QED) is 0.782. The van der Waals surface area contributed by atoms with Gasteiger partial charge in [-0.2, -0.15) is 0 Å². The number of benzene rings is 1. The Kier molecular flexibility index (Phi) is 6.82. The van der Waals surface area contributed by atoms with Crippen LogP contribution in [0, 0.1) is 0 Å². The zero-order valence-corrected chi connectivity index (χ0v) is 15.5. The van der Waals surface area contributed by atoms with Gasteiger partial charge in [0.1, 0.15) is 0 Å². The van der Waals surface area contributed by atoms with E-state index in [2.05, 4.69) is 33.4 Å². The Balaban J connectivity index is 1.74. The van der Waals surface area contributed by atoms with Gasteiger partial charge in [-0.25, -0.2) is 0 Å². The highest BCUT2D eigenvalue weighted by atomic mass is 16.5. The molecule has 0 spiro atoms. The molecule has 0 bridgehead atoms. The van der Waals surface area contributed by atoms with Gasteiger partial charge in [0.2, 0.25) is 0 Å². The fraction of sp³-hybridized carbons (Fsp3) is 0.450. The van der Waals surface area contributed by atoms with Crippen molar-refractivity contribution in [2.75, 3.05) is 47.1 Å². The largest absolute Gasteiger partial charge is 0.493 e. The van der Waals surface area contributed by atoms with Crippen LogP contribution in [0.15, 0.2) is 42.7 Å². The third-order valence-corrected chi connectivity index (χ3v) is 4.67. The summed E-state index contributed by atoms with van der Waals surface area (Å²) in [6.07, 6.45) is 3.69. The lowest BCUT2D eigenvalue weighted by Gasteiger charge is -2.35.